The van der Waals surface area contributed by atoms with Gasteiger partial charge in [-0.15, -0.1) is 0 Å². The zero-order valence-corrected chi connectivity index (χ0v) is 16.1. The van der Waals surface area contributed by atoms with Crippen LogP contribution in [0.5, 0.6) is 0 Å². The Balaban J connectivity index is 2.43. The third kappa shape index (κ3) is 5.10. The molecule has 0 unspecified atom stereocenters. The summed E-state index contributed by atoms with van der Waals surface area (Å²) in [5.41, 5.74) is -4.45. The monoisotopic (exact) mass is 420 g/mol. The maximum absolute atomic E-state index is 12.7. The number of benzene rings is 1. The number of aryl methyl sites for hydroxylation is 1. The first-order chi connectivity index (χ1) is 12.4. The summed E-state index contributed by atoms with van der Waals surface area (Å²) in [4.78, 5) is 4.08. The Bertz CT molecular complexity index is 978. The topological polar surface area (TPSA) is 74.7 Å². The van der Waals surface area contributed by atoms with Gasteiger partial charge in [-0.05, 0) is 38.1 Å². The van der Waals surface area contributed by atoms with Crippen LogP contribution in [0, 0.1) is 6.92 Å². The molecule has 1 aromatic heterocycles. The summed E-state index contributed by atoms with van der Waals surface area (Å²) < 4.78 is 62.5. The third-order valence-corrected chi connectivity index (χ3v) is 4.75. The molecule has 1 heterocycles. The van der Waals surface area contributed by atoms with Gasteiger partial charge in [-0.25, -0.2) is 4.98 Å². The molecule has 0 bridgehead atoms. The van der Waals surface area contributed by atoms with Gasteiger partial charge in [0.2, 0.25) is 0 Å². The molecule has 2 rings (SSSR count). The maximum atomic E-state index is 12.7. The average molecular weight is 421 g/mol. The molecule has 0 fully saturated rings. The third-order valence-electron chi connectivity index (χ3n) is 3.45. The van der Waals surface area contributed by atoms with Crippen molar-refractivity contribution in [2.75, 3.05) is 16.8 Å². The summed E-state index contributed by atoms with van der Waals surface area (Å²) in [6.07, 6.45) is 0. The fourth-order valence-corrected chi connectivity index (χ4v) is 2.90. The number of nitrogens with one attached hydrogen (secondary N) is 1. The van der Waals surface area contributed by atoms with Gasteiger partial charge < -0.3 is 0 Å². The fourth-order valence-electron chi connectivity index (χ4n) is 2.16. The van der Waals surface area contributed by atoms with E-state index < -0.39 is 15.5 Å². The minimum absolute atomic E-state index is 0.205. The second-order valence-electron chi connectivity index (χ2n) is 5.63. The van der Waals surface area contributed by atoms with Gasteiger partial charge in [0, 0.05) is 12.6 Å². The van der Waals surface area contributed by atoms with Crippen molar-refractivity contribution in [3.8, 4) is 0 Å². The van der Waals surface area contributed by atoms with Crippen LogP contribution in [-0.4, -0.2) is 31.7 Å². The van der Waals surface area contributed by atoms with Crippen LogP contribution in [-0.2, 0) is 10.0 Å². The second-order valence-corrected chi connectivity index (χ2v) is 7.69. The number of hydrogen-bond acceptors (Lipinski definition) is 5. The summed E-state index contributed by atoms with van der Waals surface area (Å²) in [6, 6.07) is 9.18. The van der Waals surface area contributed by atoms with Gasteiger partial charge in [0.1, 0.15) is 11.0 Å². The molecular formula is C16H16ClF3N4O2S. The van der Waals surface area contributed by atoms with Crippen molar-refractivity contribution >= 4 is 38.8 Å². The van der Waals surface area contributed by atoms with Crippen molar-refractivity contribution < 1.29 is 21.6 Å². The molecule has 0 spiro atoms. The van der Waals surface area contributed by atoms with Crippen LogP contribution < -0.4 is 9.73 Å². The van der Waals surface area contributed by atoms with E-state index in [4.69, 9.17) is 11.6 Å². The number of hydrogen-bond donors (Lipinski definition) is 1. The van der Waals surface area contributed by atoms with Crippen LogP contribution >= 0.6 is 11.6 Å². The Kier molecular flexibility index (Phi) is 6.01. The molecule has 6 nitrogen and oxygen atoms in total. The number of pyridine rings is 1. The smallest absolute Gasteiger partial charge is 0.275 e. The standard InChI is InChI=1S/C16H16ClF3N4O2S/c1-10-7-8-13(23-27(25,26)16(18,19)20)12(9-10)11(2)22-24(3)15-6-4-5-14(17)21-15/h4-9,23H,1-3H3/b22-11+. The summed E-state index contributed by atoms with van der Waals surface area (Å²) in [6.45, 7) is 3.27. The molecular weight excluding hydrogens is 405 g/mol. The van der Waals surface area contributed by atoms with E-state index in [1.165, 1.54) is 23.2 Å². The van der Waals surface area contributed by atoms with Gasteiger partial charge in [-0.1, -0.05) is 29.3 Å². The molecule has 2 aromatic rings. The fraction of sp³-hybridized carbons (Fsp3) is 0.250. The van der Waals surface area contributed by atoms with Crippen LogP contribution in [0.4, 0.5) is 24.7 Å². The number of rotatable bonds is 5. The SMILES string of the molecule is C/C(=N\N(C)c1cccc(Cl)n1)c1cc(C)ccc1NS(=O)(=O)C(F)(F)F. The molecule has 1 N–H and O–H groups in total. The summed E-state index contributed by atoms with van der Waals surface area (Å²) >= 11 is 5.83. The van der Waals surface area contributed by atoms with E-state index in [9.17, 15) is 21.6 Å². The van der Waals surface area contributed by atoms with E-state index >= 15 is 0 Å². The van der Waals surface area contributed by atoms with Crippen molar-refractivity contribution in [1.82, 2.24) is 4.98 Å². The predicted octanol–water partition coefficient (Wildman–Crippen LogP) is 4.17. The first kappa shape index (κ1) is 21.0. The molecule has 1 aromatic carbocycles. The molecule has 0 aliphatic rings. The highest BCUT2D eigenvalue weighted by atomic mass is 35.5. The summed E-state index contributed by atoms with van der Waals surface area (Å²) in [7, 11) is -3.97. The van der Waals surface area contributed by atoms with E-state index in [1.54, 1.807) is 43.8 Å². The minimum Gasteiger partial charge on any atom is -0.275 e. The Hall–Kier alpha value is -2.33. The molecule has 0 atom stereocenters. The minimum atomic E-state index is -5.55. The quantitative estimate of drug-likeness (QED) is 0.447. The highest BCUT2D eigenvalue weighted by Crippen LogP contribution is 2.28. The van der Waals surface area contributed by atoms with E-state index in [0.717, 1.165) is 5.56 Å². The van der Waals surface area contributed by atoms with E-state index in [2.05, 4.69) is 10.1 Å². The van der Waals surface area contributed by atoms with Crippen LogP contribution in [0.3, 0.4) is 0 Å². The highest BCUT2D eigenvalue weighted by molar-refractivity contribution is 7.93. The number of aromatic nitrogens is 1. The van der Waals surface area contributed by atoms with Crippen molar-refractivity contribution in [1.29, 1.82) is 0 Å². The molecule has 0 aliphatic carbocycles. The number of halogens is 4. The molecule has 0 saturated heterocycles. The van der Waals surface area contributed by atoms with E-state index in [1.807, 2.05) is 0 Å². The van der Waals surface area contributed by atoms with E-state index in [0.29, 0.717) is 5.82 Å². The van der Waals surface area contributed by atoms with E-state index in [-0.39, 0.29) is 22.1 Å². The largest absolute Gasteiger partial charge is 0.516 e. The van der Waals surface area contributed by atoms with Gasteiger partial charge in [0.25, 0.3) is 0 Å². The van der Waals surface area contributed by atoms with Crippen molar-refractivity contribution in [2.24, 2.45) is 5.10 Å². The molecule has 0 saturated carbocycles. The maximum Gasteiger partial charge on any atom is 0.516 e. The average Bonchev–Trinajstić information content (AvgIpc) is 2.55. The first-order valence-electron chi connectivity index (χ1n) is 7.52. The van der Waals surface area contributed by atoms with Crippen LogP contribution in [0.1, 0.15) is 18.1 Å². The van der Waals surface area contributed by atoms with Gasteiger partial charge in [0.05, 0.1) is 11.4 Å². The number of anilines is 2. The molecule has 27 heavy (non-hydrogen) atoms. The molecule has 11 heteroatoms. The Morgan fingerprint density at radius 2 is 1.93 bits per heavy atom. The lowest BCUT2D eigenvalue weighted by Gasteiger charge is -2.17. The lowest BCUT2D eigenvalue weighted by atomic mass is 10.1. The van der Waals surface area contributed by atoms with Crippen LogP contribution in [0.25, 0.3) is 0 Å². The summed E-state index contributed by atoms with van der Waals surface area (Å²) in [5.74, 6) is 0.409. The van der Waals surface area contributed by atoms with Gasteiger partial charge in [0.15, 0.2) is 0 Å². The zero-order valence-electron chi connectivity index (χ0n) is 14.5. The molecule has 146 valence electrons. The lowest BCUT2D eigenvalue weighted by molar-refractivity contribution is -0.0429. The van der Waals surface area contributed by atoms with Crippen molar-refractivity contribution in [3.63, 3.8) is 0 Å². The number of nitrogens with zero attached hydrogens (tertiary/aromatic N) is 3. The van der Waals surface area contributed by atoms with Crippen molar-refractivity contribution in [3.05, 3.63) is 52.7 Å². The first-order valence-corrected chi connectivity index (χ1v) is 9.38. The van der Waals surface area contributed by atoms with Crippen molar-refractivity contribution in [2.45, 2.75) is 19.4 Å². The van der Waals surface area contributed by atoms with Gasteiger partial charge >= 0.3 is 15.5 Å². The lowest BCUT2D eigenvalue weighted by Crippen LogP contribution is -2.30. The second kappa shape index (κ2) is 7.73. The normalized spacial score (nSPS) is 12.8. The number of alkyl halides is 3. The van der Waals surface area contributed by atoms with Crippen LogP contribution in [0.15, 0.2) is 41.5 Å². The summed E-state index contributed by atoms with van der Waals surface area (Å²) in [5, 5.41) is 5.90. The van der Waals surface area contributed by atoms with Gasteiger partial charge in [-0.2, -0.15) is 26.7 Å². The van der Waals surface area contributed by atoms with Crippen LogP contribution in [0.2, 0.25) is 5.15 Å². The Morgan fingerprint density at radius 1 is 1.26 bits per heavy atom. The predicted molar refractivity (Wildman–Crippen MR) is 99.6 cm³/mol. The zero-order chi connectivity index (χ0) is 20.4. The Labute approximate surface area is 159 Å². The molecule has 0 aliphatic heterocycles. The van der Waals surface area contributed by atoms with Gasteiger partial charge in [-0.3, -0.25) is 9.73 Å². The number of hydrazone groups is 1. The highest BCUT2D eigenvalue weighted by Gasteiger charge is 2.46. The number of sulfonamides is 1. The molecule has 0 radical (unpaired) electrons. The molecule has 0 amide bonds. The Morgan fingerprint density at radius 3 is 2.52 bits per heavy atom.